The summed E-state index contributed by atoms with van der Waals surface area (Å²) in [5, 5.41) is 36.4. The number of hydrogen-bond donors (Lipinski definition) is 4. The molecule has 602 valence electrons. The van der Waals surface area contributed by atoms with Gasteiger partial charge >= 0.3 is 14.0 Å². The van der Waals surface area contributed by atoms with Crippen molar-refractivity contribution in [1.82, 2.24) is 0 Å². The van der Waals surface area contributed by atoms with Crippen molar-refractivity contribution in [1.29, 1.82) is 0 Å². The van der Waals surface area contributed by atoms with E-state index in [1.54, 1.807) is 55.4 Å². The van der Waals surface area contributed by atoms with Crippen molar-refractivity contribution in [3.05, 3.63) is 172 Å². The molecule has 110 heavy (non-hydrogen) atoms. The zero-order chi connectivity index (χ0) is 82.6. The minimum Gasteiger partial charge on any atom is -0.405 e. The highest BCUT2D eigenvalue weighted by atomic mass is 79.9. The van der Waals surface area contributed by atoms with Crippen molar-refractivity contribution in [2.75, 3.05) is 0 Å². The molecule has 6 aromatic rings. The molecule has 4 aliphatic rings. The van der Waals surface area contributed by atoms with Crippen molar-refractivity contribution >= 4 is 72.5 Å². The van der Waals surface area contributed by atoms with Crippen LogP contribution in [0.4, 0.5) is 0 Å². The van der Waals surface area contributed by atoms with Crippen molar-refractivity contribution in [2.24, 2.45) is 0 Å². The quantitative estimate of drug-likeness (QED) is 0.0271. The van der Waals surface area contributed by atoms with Gasteiger partial charge in [0, 0.05) is 19.8 Å². The minimum atomic E-state index is -1.01. The first-order chi connectivity index (χ1) is 51.1. The van der Waals surface area contributed by atoms with Crippen LogP contribution in [0.3, 0.4) is 0 Å². The third-order valence-electron chi connectivity index (χ3n) is 25.5. The van der Waals surface area contributed by atoms with Crippen molar-refractivity contribution in [2.45, 2.75) is 390 Å². The first-order valence-corrected chi connectivity index (χ1v) is 44.1. The minimum absolute atomic E-state index is 0.175. The van der Waals surface area contributed by atoms with Gasteiger partial charge in [0.2, 0.25) is 0 Å². The van der Waals surface area contributed by atoms with Crippen LogP contribution in [0.2, 0.25) is 0 Å². The molecule has 2 aliphatic carbocycles. The average molecular weight is 1630 g/mol. The molecule has 2 aliphatic heterocycles. The van der Waals surface area contributed by atoms with E-state index in [-0.39, 0.29) is 33.2 Å². The summed E-state index contributed by atoms with van der Waals surface area (Å²) >= 11 is 7.88. The Bertz CT molecular complexity index is 3490. The predicted octanol–water partition coefficient (Wildman–Crippen LogP) is 23.2. The Kier molecular flexibility index (Phi) is 34.1. The van der Waals surface area contributed by atoms with Gasteiger partial charge in [0.15, 0.2) is 0 Å². The lowest BCUT2D eigenvalue weighted by atomic mass is 9.49. The summed E-state index contributed by atoms with van der Waals surface area (Å²) in [6.45, 7) is 51.8. The number of aliphatic hydroxyl groups is 4. The third kappa shape index (κ3) is 22.9. The largest absolute Gasteiger partial charge is 0.488 e. The van der Waals surface area contributed by atoms with E-state index in [9.17, 15) is 0 Å². The second kappa shape index (κ2) is 39.4. The van der Waals surface area contributed by atoms with Gasteiger partial charge in [-0.05, 0) is 315 Å². The fourth-order valence-electron chi connectivity index (χ4n) is 14.9. The molecule has 2 saturated heterocycles. The molecule has 6 aromatic carbocycles. The topological polar surface area (TPSA) is 118 Å². The smallest absolute Gasteiger partial charge is 0.405 e. The zero-order valence-electron chi connectivity index (χ0n) is 73.5. The van der Waals surface area contributed by atoms with Crippen LogP contribution in [0.1, 0.15) is 361 Å². The molecule has 2 fully saturated rings. The van der Waals surface area contributed by atoms with Gasteiger partial charge in [0.05, 0.1) is 44.8 Å². The van der Waals surface area contributed by atoms with Crippen LogP contribution in [0, 0.1) is 0 Å². The molecule has 0 aromatic heterocycles. The molecule has 0 bridgehead atoms. The summed E-state index contributed by atoms with van der Waals surface area (Å²) in [4.78, 5) is 0. The highest BCUT2D eigenvalue weighted by Crippen LogP contribution is 2.56. The van der Waals surface area contributed by atoms with E-state index in [0.717, 1.165) is 49.5 Å². The van der Waals surface area contributed by atoms with E-state index < -0.39 is 36.4 Å². The number of rotatable bonds is 29. The fourth-order valence-corrected chi connectivity index (χ4v) is 16.1. The maximum atomic E-state index is 9.10. The van der Waals surface area contributed by atoms with E-state index in [2.05, 4.69) is 186 Å². The second-order valence-electron chi connectivity index (χ2n) is 36.6. The lowest BCUT2D eigenvalue weighted by Gasteiger charge is -2.32. The summed E-state index contributed by atoms with van der Waals surface area (Å²) in [7, 11) is 12.3. The molecule has 0 spiro atoms. The van der Waals surface area contributed by atoms with Crippen LogP contribution in [0.25, 0.3) is 22.3 Å². The van der Waals surface area contributed by atoms with Crippen LogP contribution >= 0.6 is 31.9 Å². The third-order valence-corrected chi connectivity index (χ3v) is 27.0. The molecule has 0 saturated carbocycles. The first kappa shape index (κ1) is 95.1. The second-order valence-corrected chi connectivity index (χ2v) is 38.3. The molecule has 2 heterocycles. The van der Waals surface area contributed by atoms with E-state index in [1.165, 1.54) is 225 Å². The van der Waals surface area contributed by atoms with Crippen LogP contribution in [0.15, 0.2) is 93.9 Å². The summed E-state index contributed by atoms with van der Waals surface area (Å²) in [6, 6.07) is 34.1. The van der Waals surface area contributed by atoms with Gasteiger partial charge in [-0.2, -0.15) is 0 Å². The maximum absolute atomic E-state index is 9.10. The van der Waals surface area contributed by atoms with Gasteiger partial charge in [-0.1, -0.05) is 247 Å². The molecule has 0 amide bonds. The summed E-state index contributed by atoms with van der Waals surface area (Å²) in [5.74, 6) is 0. The highest BCUT2D eigenvalue weighted by molar-refractivity contribution is 9.10. The van der Waals surface area contributed by atoms with Gasteiger partial charge in [-0.3, -0.25) is 0 Å². The molecule has 8 nitrogen and oxygen atoms in total. The Balaban J connectivity index is 0.000000244. The number of unbranched alkanes of at least 4 members (excludes halogenated alkanes) is 12. The van der Waals surface area contributed by atoms with Gasteiger partial charge in [-0.25, -0.2) is 0 Å². The van der Waals surface area contributed by atoms with Crippen LogP contribution < -0.4 is 10.9 Å². The maximum Gasteiger partial charge on any atom is 0.488 e. The molecule has 0 atom stereocenters. The fraction of sp³-hybridized carbons (Fsp3) is 0.625. The molecule has 0 unspecified atom stereocenters. The average Bonchev–Trinajstić information content (AvgIpc) is 1.55. The summed E-state index contributed by atoms with van der Waals surface area (Å²) in [6.07, 6.45) is 29.4. The summed E-state index contributed by atoms with van der Waals surface area (Å²) < 4.78 is 26.3. The molecule has 14 heteroatoms. The van der Waals surface area contributed by atoms with Gasteiger partial charge in [0.1, 0.15) is 15.7 Å². The SMILES string of the molecule is CC(C)(O)C(C)(C)O.CC(C)(O)C(C)(C)O.CC1(C)OB(B2OC(C)(C)C(C)(C)O2)OC1(C)C.CCCCCCc1cc(CCCCCC)cc(C2(C)c3cc(Br)c(CC)cc3-c3cc(CC)c(Br)cc32)c1.[B]c1cc2c(cc1CC)-c1cc(CC)c([B])cc1C2(C)c1cc(CCCCCC)cc(CCCCCC)c1. The number of halogens is 2. The van der Waals surface area contributed by atoms with Crippen LogP contribution in [-0.2, 0) is 80.8 Å². The first-order valence-electron chi connectivity index (χ1n) is 42.5. The number of hydrogen-bond acceptors (Lipinski definition) is 8. The predicted molar refractivity (Wildman–Crippen MR) is 480 cm³/mol. The zero-order valence-corrected chi connectivity index (χ0v) is 76.7. The standard InChI is InChI=1S/C36H46B2.C36H46Br2.C12H24B2O4.2C6H14O2/c2*1-6-10-12-14-16-25-18-26(17-15-13-11-7-2)20-29(19-25)36(5)32-23-34(37)27(8-3)21-30(32)31-22-28(9-4)35(38)24-33(31)36;1-9(2)10(3,4)16-13(15-9)14-17-11(5,6)12(7,8)18-14;2*1-5(2,7)6(3,4)8/h2*18-24H,6-17H2,1-5H3;1-8H3;2*7-8H,1-4H3. The van der Waals surface area contributed by atoms with E-state index in [0.29, 0.717) is 0 Å². The Labute approximate surface area is 690 Å². The number of benzene rings is 6. The Morgan fingerprint density at radius 3 is 0.736 bits per heavy atom. The normalized spacial score (nSPS) is 16.7. The van der Waals surface area contributed by atoms with Gasteiger partial charge in [-0.15, -0.1) is 0 Å². The Morgan fingerprint density at radius 2 is 0.527 bits per heavy atom. The van der Waals surface area contributed by atoms with Crippen LogP contribution in [-0.4, -0.2) is 94.9 Å². The van der Waals surface area contributed by atoms with E-state index >= 15 is 0 Å². The van der Waals surface area contributed by atoms with E-state index in [1.807, 2.05) is 55.4 Å². The van der Waals surface area contributed by atoms with Crippen molar-refractivity contribution in [3.8, 4) is 22.3 Å². The lowest BCUT2D eigenvalue weighted by molar-refractivity contribution is -0.107. The number of aryl methyl sites for hydroxylation is 8. The van der Waals surface area contributed by atoms with E-state index in [4.69, 9.17) is 54.7 Å². The van der Waals surface area contributed by atoms with Crippen molar-refractivity contribution < 1.29 is 39.0 Å². The molecule has 4 N–H and O–H groups in total. The van der Waals surface area contributed by atoms with Crippen molar-refractivity contribution in [3.63, 3.8) is 0 Å². The molecule has 4 radical (unpaired) electrons. The lowest BCUT2D eigenvalue weighted by Crippen LogP contribution is -2.44. The summed E-state index contributed by atoms with van der Waals surface area (Å²) in [5.41, 5.74) is 21.1. The van der Waals surface area contributed by atoms with Gasteiger partial charge < -0.3 is 39.0 Å². The Hall–Kier alpha value is -3.78. The molecule has 10 rings (SSSR count). The highest BCUT2D eigenvalue weighted by Gasteiger charge is 2.64. The molecular formula is C96H144B4Br2O8. The monoisotopic (exact) mass is 1630 g/mol. The van der Waals surface area contributed by atoms with Gasteiger partial charge in [0.25, 0.3) is 0 Å². The molecular weight excluding hydrogens is 1480 g/mol. The van der Waals surface area contributed by atoms with Crippen LogP contribution in [0.5, 0.6) is 0 Å². The Morgan fingerprint density at radius 1 is 0.309 bits per heavy atom. The number of fused-ring (bicyclic) bond motifs is 6.